The largest absolute Gasteiger partial charge is 0.480 e. The molecule has 2 aliphatic carbocycles. The van der Waals surface area contributed by atoms with Crippen LogP contribution in [0, 0.1) is 11.3 Å². The maximum absolute atomic E-state index is 13.3. The van der Waals surface area contributed by atoms with E-state index in [9.17, 15) is 23.1 Å². The first-order valence-electron chi connectivity index (χ1n) is 11.3. The quantitative estimate of drug-likeness (QED) is 0.574. The van der Waals surface area contributed by atoms with Crippen molar-refractivity contribution in [3.8, 4) is 0 Å². The number of carboxylic acid groups (broad SMARTS) is 1. The van der Waals surface area contributed by atoms with Crippen molar-refractivity contribution >= 4 is 28.0 Å². The normalized spacial score (nSPS) is 19.1. The summed E-state index contributed by atoms with van der Waals surface area (Å²) in [5.41, 5.74) is 1.25. The summed E-state index contributed by atoms with van der Waals surface area (Å²) in [6.45, 7) is 5.19. The Bertz CT molecular complexity index is 988. The molecular weight excluding hydrogens is 428 g/mol. The van der Waals surface area contributed by atoms with E-state index in [1.54, 1.807) is 32.9 Å². The molecule has 7 nitrogen and oxygen atoms in total. The molecule has 1 aromatic carbocycles. The highest BCUT2D eigenvalue weighted by atomic mass is 32.2. The predicted octanol–water partition coefficient (Wildman–Crippen LogP) is 3.49. The average molecular weight is 463 g/mol. The van der Waals surface area contributed by atoms with Gasteiger partial charge in [0.15, 0.2) is 0 Å². The molecule has 2 atom stereocenters. The summed E-state index contributed by atoms with van der Waals surface area (Å²) in [5, 5.41) is 12.2. The van der Waals surface area contributed by atoms with E-state index in [-0.39, 0.29) is 10.8 Å². The summed E-state index contributed by atoms with van der Waals surface area (Å²) in [7, 11) is -3.97. The molecule has 1 aromatic rings. The van der Waals surface area contributed by atoms with Gasteiger partial charge in [0.25, 0.3) is 0 Å². The zero-order valence-corrected chi connectivity index (χ0v) is 19.9. The van der Waals surface area contributed by atoms with Crippen LogP contribution in [0.2, 0.25) is 0 Å². The summed E-state index contributed by atoms with van der Waals surface area (Å²) < 4.78 is 29.1. The molecule has 0 heterocycles. The third-order valence-electron chi connectivity index (χ3n) is 6.39. The van der Waals surface area contributed by atoms with Gasteiger partial charge in [-0.15, -0.1) is 0 Å². The first-order chi connectivity index (χ1) is 15.0. The van der Waals surface area contributed by atoms with E-state index in [1.165, 1.54) is 0 Å². The molecule has 176 valence electrons. The van der Waals surface area contributed by atoms with Gasteiger partial charge in [-0.3, -0.25) is 4.79 Å². The second-order valence-corrected chi connectivity index (χ2v) is 11.7. The highest BCUT2D eigenvalue weighted by Crippen LogP contribution is 2.29. The maximum atomic E-state index is 13.3. The van der Waals surface area contributed by atoms with Gasteiger partial charge in [0.2, 0.25) is 15.9 Å². The van der Waals surface area contributed by atoms with Gasteiger partial charge in [-0.1, -0.05) is 58.3 Å². The number of hydrogen-bond donors (Lipinski definition) is 3. The van der Waals surface area contributed by atoms with E-state index >= 15 is 0 Å². The molecule has 0 spiro atoms. The first-order valence-corrected chi connectivity index (χ1v) is 12.8. The lowest BCUT2D eigenvalue weighted by Gasteiger charge is -2.33. The highest BCUT2D eigenvalue weighted by Gasteiger charge is 2.38. The van der Waals surface area contributed by atoms with Crippen molar-refractivity contribution < 1.29 is 23.1 Å². The lowest BCUT2D eigenvalue weighted by molar-refractivity contribution is -0.145. The van der Waals surface area contributed by atoms with Crippen LogP contribution in [-0.2, 0) is 26.0 Å². The number of sulfonamides is 1. The SMILES string of the molecule is CC(C)(C)[C@H](NC(=O)[C@@H](NS(=O)(=O)c1ccc2c(c1)C=CCC2)C1CCCCC1)C(=O)O. The van der Waals surface area contributed by atoms with Crippen LogP contribution in [0.15, 0.2) is 29.2 Å². The van der Waals surface area contributed by atoms with Gasteiger partial charge in [-0.05, 0) is 60.3 Å². The summed E-state index contributed by atoms with van der Waals surface area (Å²) in [4.78, 5) is 25.1. The van der Waals surface area contributed by atoms with E-state index < -0.39 is 39.4 Å². The number of hydrogen-bond acceptors (Lipinski definition) is 4. The Morgan fingerprint density at radius 1 is 1.12 bits per heavy atom. The van der Waals surface area contributed by atoms with Crippen molar-refractivity contribution in [1.82, 2.24) is 10.0 Å². The minimum Gasteiger partial charge on any atom is -0.480 e. The Morgan fingerprint density at radius 3 is 2.44 bits per heavy atom. The zero-order valence-electron chi connectivity index (χ0n) is 19.1. The monoisotopic (exact) mass is 462 g/mol. The van der Waals surface area contributed by atoms with E-state index in [0.717, 1.165) is 56.1 Å². The fourth-order valence-corrected chi connectivity index (χ4v) is 5.82. The Morgan fingerprint density at radius 2 is 1.81 bits per heavy atom. The van der Waals surface area contributed by atoms with Crippen molar-refractivity contribution in [3.05, 3.63) is 35.4 Å². The van der Waals surface area contributed by atoms with Crippen molar-refractivity contribution in [3.63, 3.8) is 0 Å². The molecule has 8 heteroatoms. The second kappa shape index (κ2) is 9.75. The summed E-state index contributed by atoms with van der Waals surface area (Å²) >= 11 is 0. The van der Waals surface area contributed by atoms with Gasteiger partial charge >= 0.3 is 5.97 Å². The molecule has 1 amide bonds. The van der Waals surface area contributed by atoms with Gasteiger partial charge in [0.1, 0.15) is 12.1 Å². The van der Waals surface area contributed by atoms with Crippen LogP contribution in [-0.4, -0.2) is 37.5 Å². The van der Waals surface area contributed by atoms with Crippen LogP contribution in [0.4, 0.5) is 0 Å². The third-order valence-corrected chi connectivity index (χ3v) is 7.83. The van der Waals surface area contributed by atoms with Crippen LogP contribution in [0.5, 0.6) is 0 Å². The molecule has 0 unspecified atom stereocenters. The molecule has 3 N–H and O–H groups in total. The topological polar surface area (TPSA) is 113 Å². The second-order valence-electron chi connectivity index (χ2n) is 9.94. The molecule has 3 rings (SSSR count). The van der Waals surface area contributed by atoms with Crippen LogP contribution in [0.25, 0.3) is 6.08 Å². The Labute approximate surface area is 190 Å². The number of carbonyl (C=O) groups is 2. The van der Waals surface area contributed by atoms with Gasteiger partial charge < -0.3 is 10.4 Å². The minimum atomic E-state index is -3.97. The molecule has 32 heavy (non-hydrogen) atoms. The number of amides is 1. The number of fused-ring (bicyclic) bond motifs is 1. The molecular formula is C24H34N2O5S. The summed E-state index contributed by atoms with van der Waals surface area (Å²) in [6, 6.07) is 2.89. The van der Waals surface area contributed by atoms with Gasteiger partial charge in [-0.2, -0.15) is 4.72 Å². The Balaban J connectivity index is 1.88. The van der Waals surface area contributed by atoms with Crippen molar-refractivity contribution in [1.29, 1.82) is 0 Å². The lowest BCUT2D eigenvalue weighted by atomic mass is 9.83. The highest BCUT2D eigenvalue weighted by molar-refractivity contribution is 7.89. The number of rotatable bonds is 7. The number of carbonyl (C=O) groups excluding carboxylic acids is 1. The Kier molecular flexibility index (Phi) is 7.45. The molecule has 0 radical (unpaired) electrons. The molecule has 1 fully saturated rings. The Hall–Kier alpha value is -2.19. The molecule has 0 saturated heterocycles. The van der Waals surface area contributed by atoms with Crippen molar-refractivity contribution in [2.75, 3.05) is 0 Å². The number of carboxylic acids is 1. The third kappa shape index (κ3) is 5.78. The van der Waals surface area contributed by atoms with Crippen LogP contribution in [0.3, 0.4) is 0 Å². The summed E-state index contributed by atoms with van der Waals surface area (Å²) in [5.74, 6) is -1.90. The number of aryl methyl sites for hydroxylation is 1. The predicted molar refractivity (Wildman–Crippen MR) is 124 cm³/mol. The average Bonchev–Trinajstić information content (AvgIpc) is 2.75. The molecule has 1 saturated carbocycles. The van der Waals surface area contributed by atoms with Crippen LogP contribution in [0.1, 0.15) is 70.4 Å². The van der Waals surface area contributed by atoms with Crippen LogP contribution >= 0.6 is 0 Å². The van der Waals surface area contributed by atoms with Crippen molar-refractivity contribution in [2.45, 2.75) is 82.7 Å². The van der Waals surface area contributed by atoms with Crippen molar-refractivity contribution in [2.24, 2.45) is 11.3 Å². The molecule has 0 aromatic heterocycles. The molecule has 0 aliphatic heterocycles. The number of aliphatic carboxylic acids is 1. The van der Waals surface area contributed by atoms with E-state index in [2.05, 4.69) is 10.0 Å². The van der Waals surface area contributed by atoms with Gasteiger partial charge in [-0.25, -0.2) is 13.2 Å². The summed E-state index contributed by atoms with van der Waals surface area (Å²) in [6.07, 6.45) is 10.1. The van der Waals surface area contributed by atoms with E-state index in [1.807, 2.05) is 18.2 Å². The van der Waals surface area contributed by atoms with Gasteiger partial charge in [0.05, 0.1) is 4.90 Å². The van der Waals surface area contributed by atoms with Gasteiger partial charge in [0, 0.05) is 0 Å². The van der Waals surface area contributed by atoms with Crippen LogP contribution < -0.4 is 10.0 Å². The maximum Gasteiger partial charge on any atom is 0.326 e. The number of nitrogens with one attached hydrogen (secondary N) is 2. The fraction of sp³-hybridized carbons (Fsp3) is 0.583. The lowest BCUT2D eigenvalue weighted by Crippen LogP contribution is -2.57. The first kappa shape index (κ1) is 24.5. The molecule has 2 aliphatic rings. The zero-order chi connectivity index (χ0) is 23.5. The number of benzene rings is 1. The minimum absolute atomic E-state index is 0.113. The van der Waals surface area contributed by atoms with E-state index in [4.69, 9.17) is 0 Å². The number of allylic oxidation sites excluding steroid dienone is 1. The smallest absolute Gasteiger partial charge is 0.326 e. The molecule has 0 bridgehead atoms. The fourth-order valence-electron chi connectivity index (χ4n) is 4.52. The van der Waals surface area contributed by atoms with E-state index in [0.29, 0.717) is 0 Å². The standard InChI is InChI=1S/C24H34N2O5S/c1-24(2,3)21(23(28)29)25-22(27)20(17-10-5-4-6-11-17)26-32(30,31)19-14-13-16-9-7-8-12-18(16)15-19/h8,12-15,17,20-21,26H,4-7,9-11H2,1-3H3,(H,25,27)(H,28,29)/t20-,21+/m0/s1.